The Hall–Kier alpha value is -1.84. The molecule has 1 aromatic rings. The molecule has 140 valence electrons. The molecular formula is C22H30N2O2. The van der Waals surface area contributed by atoms with Crippen LogP contribution in [-0.2, 0) is 16.0 Å². The maximum absolute atomic E-state index is 12.7. The van der Waals surface area contributed by atoms with Crippen molar-refractivity contribution in [3.63, 3.8) is 0 Å². The first kappa shape index (κ1) is 17.6. The fourth-order valence-corrected chi connectivity index (χ4v) is 4.47. The number of amides is 2. The number of benzene rings is 1. The zero-order valence-corrected chi connectivity index (χ0v) is 15.6. The van der Waals surface area contributed by atoms with Crippen LogP contribution in [0.2, 0.25) is 0 Å². The van der Waals surface area contributed by atoms with E-state index in [1.165, 1.54) is 18.4 Å². The number of unbranched alkanes of at least 4 members (excludes halogenated alkanes) is 1. The van der Waals surface area contributed by atoms with Crippen molar-refractivity contribution in [2.24, 2.45) is 11.8 Å². The van der Waals surface area contributed by atoms with E-state index in [4.69, 9.17) is 0 Å². The number of aryl methyl sites for hydroxylation is 1. The van der Waals surface area contributed by atoms with Crippen molar-refractivity contribution in [1.82, 2.24) is 9.80 Å². The van der Waals surface area contributed by atoms with Gasteiger partial charge in [-0.25, -0.2) is 0 Å². The average Bonchev–Trinajstić information content (AvgIpc) is 3.49. The molecule has 2 bridgehead atoms. The van der Waals surface area contributed by atoms with Crippen LogP contribution in [0.15, 0.2) is 30.3 Å². The first-order valence-electron chi connectivity index (χ1n) is 10.3. The summed E-state index contributed by atoms with van der Waals surface area (Å²) in [5, 5.41) is 0. The second-order valence-electron chi connectivity index (χ2n) is 8.35. The lowest BCUT2D eigenvalue weighted by atomic mass is 9.94. The maximum Gasteiger partial charge on any atom is 0.227 e. The summed E-state index contributed by atoms with van der Waals surface area (Å²) in [6, 6.07) is 10.7. The van der Waals surface area contributed by atoms with E-state index >= 15 is 0 Å². The van der Waals surface area contributed by atoms with Crippen molar-refractivity contribution in [1.29, 1.82) is 0 Å². The number of hydrogen-bond acceptors (Lipinski definition) is 2. The maximum atomic E-state index is 12.7. The lowest BCUT2D eigenvalue weighted by Crippen LogP contribution is -2.48. The van der Waals surface area contributed by atoms with E-state index in [1.54, 1.807) is 0 Å². The van der Waals surface area contributed by atoms with Crippen LogP contribution in [0.5, 0.6) is 0 Å². The molecule has 4 fully saturated rings. The number of carbonyl (C=O) groups excluding carboxylic acids is 2. The molecule has 3 heterocycles. The van der Waals surface area contributed by atoms with E-state index in [-0.39, 0.29) is 17.9 Å². The zero-order chi connectivity index (χ0) is 17.9. The average molecular weight is 354 g/mol. The molecule has 2 atom stereocenters. The number of nitrogens with zero attached hydrogens (tertiary/aromatic N) is 2. The van der Waals surface area contributed by atoms with Gasteiger partial charge < -0.3 is 9.80 Å². The fourth-order valence-electron chi connectivity index (χ4n) is 4.47. The predicted molar refractivity (Wildman–Crippen MR) is 102 cm³/mol. The van der Waals surface area contributed by atoms with Crippen molar-refractivity contribution in [2.45, 2.75) is 57.4 Å². The Morgan fingerprint density at radius 2 is 1.81 bits per heavy atom. The van der Waals surface area contributed by atoms with Gasteiger partial charge in [-0.05, 0) is 56.4 Å². The second kappa shape index (κ2) is 7.81. The Bertz CT molecular complexity index is 641. The minimum Gasteiger partial charge on any atom is -0.340 e. The van der Waals surface area contributed by atoms with Crippen molar-refractivity contribution >= 4 is 11.8 Å². The quantitative estimate of drug-likeness (QED) is 0.705. The summed E-state index contributed by atoms with van der Waals surface area (Å²) in [5.41, 5.74) is 1.34. The first-order valence-corrected chi connectivity index (χ1v) is 10.3. The molecule has 26 heavy (non-hydrogen) atoms. The predicted octanol–water partition coefficient (Wildman–Crippen LogP) is 3.26. The molecule has 1 aliphatic carbocycles. The summed E-state index contributed by atoms with van der Waals surface area (Å²) in [7, 11) is 0. The SMILES string of the molecule is O=C(CCCCc1ccccc1)N1C[C@@H]2CC[C@H](C1)N(CC1CC1)C2=O. The van der Waals surface area contributed by atoms with Crippen LogP contribution in [-0.4, -0.2) is 47.3 Å². The number of piperidine rings is 1. The van der Waals surface area contributed by atoms with Crippen molar-refractivity contribution < 1.29 is 9.59 Å². The minimum atomic E-state index is 0.0424. The third-order valence-electron chi connectivity index (χ3n) is 6.25. The lowest BCUT2D eigenvalue weighted by molar-refractivity contribution is -0.140. The molecule has 3 saturated heterocycles. The van der Waals surface area contributed by atoms with Crippen LogP contribution in [0.4, 0.5) is 0 Å². The smallest absolute Gasteiger partial charge is 0.227 e. The van der Waals surface area contributed by atoms with Gasteiger partial charge in [0.2, 0.25) is 11.8 Å². The molecule has 3 aliphatic heterocycles. The summed E-state index contributed by atoms with van der Waals surface area (Å²) in [6.45, 7) is 2.33. The fraction of sp³-hybridized carbons (Fsp3) is 0.636. The molecule has 4 aliphatic rings. The van der Waals surface area contributed by atoms with Crippen LogP contribution in [0.25, 0.3) is 0 Å². The Morgan fingerprint density at radius 3 is 2.58 bits per heavy atom. The summed E-state index contributed by atoms with van der Waals surface area (Å²) in [5.74, 6) is 1.32. The van der Waals surface area contributed by atoms with Crippen molar-refractivity contribution in [3.8, 4) is 0 Å². The lowest BCUT2D eigenvalue weighted by Gasteiger charge is -2.36. The first-order chi connectivity index (χ1) is 12.7. The molecule has 4 heteroatoms. The Morgan fingerprint density at radius 1 is 1.00 bits per heavy atom. The molecule has 0 N–H and O–H groups in total. The number of fused-ring (bicyclic) bond motifs is 4. The van der Waals surface area contributed by atoms with Crippen molar-refractivity contribution in [2.75, 3.05) is 19.6 Å². The number of rotatable bonds is 7. The van der Waals surface area contributed by atoms with Crippen molar-refractivity contribution in [3.05, 3.63) is 35.9 Å². The molecule has 0 radical (unpaired) electrons. The third-order valence-corrected chi connectivity index (χ3v) is 6.25. The second-order valence-corrected chi connectivity index (χ2v) is 8.35. The summed E-state index contributed by atoms with van der Waals surface area (Å²) in [6.07, 6.45) is 8.19. The van der Waals surface area contributed by atoms with E-state index in [0.29, 0.717) is 18.9 Å². The summed E-state index contributed by atoms with van der Waals surface area (Å²) >= 11 is 0. The molecule has 5 rings (SSSR count). The summed E-state index contributed by atoms with van der Waals surface area (Å²) < 4.78 is 0. The normalized spacial score (nSPS) is 25.5. The highest BCUT2D eigenvalue weighted by Gasteiger charge is 2.43. The molecule has 0 aromatic heterocycles. The molecule has 1 aromatic carbocycles. The van der Waals surface area contributed by atoms with Crippen LogP contribution >= 0.6 is 0 Å². The minimum absolute atomic E-state index is 0.0424. The van der Waals surface area contributed by atoms with Gasteiger partial charge in [0, 0.05) is 32.1 Å². The topological polar surface area (TPSA) is 40.6 Å². The molecule has 0 spiro atoms. The van der Waals surface area contributed by atoms with E-state index < -0.39 is 0 Å². The Kier molecular flexibility index (Phi) is 5.28. The van der Waals surface area contributed by atoms with Gasteiger partial charge in [0.1, 0.15) is 0 Å². The van der Waals surface area contributed by atoms with Crippen LogP contribution < -0.4 is 0 Å². The highest BCUT2D eigenvalue weighted by molar-refractivity contribution is 5.83. The molecule has 2 amide bonds. The van der Waals surface area contributed by atoms with Gasteiger partial charge in [0.25, 0.3) is 0 Å². The van der Waals surface area contributed by atoms with Gasteiger partial charge in [0.05, 0.1) is 5.92 Å². The van der Waals surface area contributed by atoms with Gasteiger partial charge in [0.15, 0.2) is 0 Å². The van der Waals surface area contributed by atoms with Gasteiger partial charge in [-0.2, -0.15) is 0 Å². The van der Waals surface area contributed by atoms with Crippen LogP contribution in [0.3, 0.4) is 0 Å². The molecular weight excluding hydrogens is 324 g/mol. The zero-order valence-electron chi connectivity index (χ0n) is 15.6. The molecule has 1 saturated carbocycles. The van der Waals surface area contributed by atoms with E-state index in [1.807, 2.05) is 11.0 Å². The van der Waals surface area contributed by atoms with Gasteiger partial charge in [-0.3, -0.25) is 9.59 Å². The molecule has 4 nitrogen and oxygen atoms in total. The standard InChI is InChI=1S/C22H30N2O2/c25-21(9-5-4-8-17-6-2-1-3-7-17)23-15-19-12-13-20(16-23)24(22(19)26)14-18-10-11-18/h1-3,6-7,18-20H,4-5,8-16H2/t19-,20+/m0/s1. The van der Waals surface area contributed by atoms with Gasteiger partial charge in [-0.1, -0.05) is 30.3 Å². The van der Waals surface area contributed by atoms with E-state index in [0.717, 1.165) is 51.1 Å². The van der Waals surface area contributed by atoms with Crippen LogP contribution in [0.1, 0.15) is 50.5 Å². The van der Waals surface area contributed by atoms with Crippen LogP contribution in [0, 0.1) is 11.8 Å². The Balaban J connectivity index is 1.27. The monoisotopic (exact) mass is 354 g/mol. The number of hydrogen-bond donors (Lipinski definition) is 0. The van der Waals surface area contributed by atoms with E-state index in [2.05, 4.69) is 29.2 Å². The van der Waals surface area contributed by atoms with Gasteiger partial charge >= 0.3 is 0 Å². The third kappa shape index (κ3) is 4.11. The van der Waals surface area contributed by atoms with Gasteiger partial charge in [-0.15, -0.1) is 0 Å². The Labute approximate surface area is 156 Å². The molecule has 0 unspecified atom stereocenters. The summed E-state index contributed by atoms with van der Waals surface area (Å²) in [4.78, 5) is 29.6. The number of carbonyl (C=O) groups is 2. The largest absolute Gasteiger partial charge is 0.340 e. The van der Waals surface area contributed by atoms with E-state index in [9.17, 15) is 9.59 Å². The highest BCUT2D eigenvalue weighted by Crippen LogP contribution is 2.35. The highest BCUT2D eigenvalue weighted by atomic mass is 16.2.